The van der Waals surface area contributed by atoms with Crippen LogP contribution in [0.25, 0.3) is 11.0 Å². The van der Waals surface area contributed by atoms with Crippen molar-refractivity contribution in [3.05, 3.63) is 179 Å². The summed E-state index contributed by atoms with van der Waals surface area (Å²) in [5.41, 5.74) is 10.1. The van der Waals surface area contributed by atoms with Gasteiger partial charge in [0.15, 0.2) is 0 Å². The molecule has 0 radical (unpaired) electrons. The number of nitrogens with zero attached hydrogens (tertiary/aromatic N) is 2. The maximum atomic E-state index is 5.65. The van der Waals surface area contributed by atoms with Crippen molar-refractivity contribution in [2.75, 3.05) is 0 Å². The number of hydrogen-bond donors (Lipinski definition) is 0. The molecule has 216 valence electrons. The Kier molecular flexibility index (Phi) is 7.28. The van der Waals surface area contributed by atoms with Crippen LogP contribution in [-0.2, 0) is 0 Å². The molecule has 0 amide bonds. The van der Waals surface area contributed by atoms with Crippen molar-refractivity contribution < 1.29 is 0 Å². The fourth-order valence-electron chi connectivity index (χ4n) is 8.57. The average molecular weight is 571 g/mol. The van der Waals surface area contributed by atoms with Crippen LogP contribution in [0.15, 0.2) is 146 Å². The van der Waals surface area contributed by atoms with Crippen molar-refractivity contribution in [3.8, 4) is 0 Å². The van der Waals surface area contributed by atoms with Gasteiger partial charge in [-0.15, -0.1) is 0 Å². The van der Waals surface area contributed by atoms with Gasteiger partial charge in [-0.25, -0.2) is 9.97 Å². The molecule has 1 aromatic heterocycles. The Hall–Kier alpha value is -4.56. The zero-order chi connectivity index (χ0) is 29.3. The minimum absolute atomic E-state index is 0.250. The summed E-state index contributed by atoms with van der Waals surface area (Å²) in [6.07, 6.45) is 4.60. The molecule has 2 aliphatic carbocycles. The van der Waals surface area contributed by atoms with E-state index in [9.17, 15) is 0 Å². The molecule has 4 atom stereocenters. The van der Waals surface area contributed by atoms with Gasteiger partial charge in [0.1, 0.15) is 0 Å². The number of benzene rings is 5. The van der Waals surface area contributed by atoms with Crippen molar-refractivity contribution in [3.63, 3.8) is 0 Å². The quantitative estimate of drug-likeness (QED) is 0.199. The van der Waals surface area contributed by atoms with Crippen molar-refractivity contribution in [2.45, 2.75) is 61.2 Å². The van der Waals surface area contributed by atoms with Crippen molar-refractivity contribution in [2.24, 2.45) is 0 Å². The fourth-order valence-corrected chi connectivity index (χ4v) is 8.57. The minimum Gasteiger partial charge on any atom is -0.249 e. The first-order valence-electron chi connectivity index (χ1n) is 16.3. The maximum absolute atomic E-state index is 5.65. The molecule has 2 heteroatoms. The van der Waals surface area contributed by atoms with Crippen molar-refractivity contribution in [1.29, 1.82) is 0 Å². The first-order valence-corrected chi connectivity index (χ1v) is 16.3. The summed E-state index contributed by atoms with van der Waals surface area (Å²) in [6.45, 7) is 0. The lowest BCUT2D eigenvalue weighted by atomic mass is 9.73. The predicted octanol–water partition coefficient (Wildman–Crippen LogP) is 10.5. The van der Waals surface area contributed by atoms with Gasteiger partial charge >= 0.3 is 0 Å². The highest BCUT2D eigenvalue weighted by Crippen LogP contribution is 2.59. The third-order valence-electron chi connectivity index (χ3n) is 10.5. The summed E-state index contributed by atoms with van der Waals surface area (Å²) in [5.74, 6) is 2.06. The topological polar surface area (TPSA) is 25.8 Å². The average Bonchev–Trinajstić information content (AvgIpc) is 3.75. The van der Waals surface area contributed by atoms with E-state index >= 15 is 0 Å². The number of fused-ring (bicyclic) bond motifs is 1. The number of para-hydroxylation sites is 2. The van der Waals surface area contributed by atoms with Gasteiger partial charge in [0.2, 0.25) is 0 Å². The van der Waals surface area contributed by atoms with Gasteiger partial charge in [0.25, 0.3) is 0 Å². The summed E-state index contributed by atoms with van der Waals surface area (Å²) in [4.78, 5) is 11.3. The molecule has 6 aromatic rings. The van der Waals surface area contributed by atoms with Crippen LogP contribution in [0, 0.1) is 0 Å². The molecule has 44 heavy (non-hydrogen) atoms. The van der Waals surface area contributed by atoms with E-state index in [-0.39, 0.29) is 11.8 Å². The van der Waals surface area contributed by atoms with Crippen LogP contribution < -0.4 is 0 Å². The molecular formula is C42H38N2. The number of aromatic nitrogens is 2. The Balaban J connectivity index is 1.37. The largest absolute Gasteiger partial charge is 0.249 e. The number of hydrogen-bond acceptors (Lipinski definition) is 2. The van der Waals surface area contributed by atoms with Gasteiger partial charge in [-0.3, -0.25) is 0 Å². The number of rotatable bonds is 6. The Morgan fingerprint density at radius 3 is 0.841 bits per heavy atom. The molecule has 5 aromatic carbocycles. The lowest BCUT2D eigenvalue weighted by Crippen LogP contribution is -2.21. The summed E-state index contributed by atoms with van der Waals surface area (Å²) in [6, 6.07) is 53.3. The van der Waals surface area contributed by atoms with Gasteiger partial charge in [-0.2, -0.15) is 0 Å². The molecule has 8 rings (SSSR count). The Morgan fingerprint density at radius 1 is 0.318 bits per heavy atom. The van der Waals surface area contributed by atoms with Crippen LogP contribution in [0.4, 0.5) is 0 Å². The van der Waals surface area contributed by atoms with Crippen molar-refractivity contribution in [1.82, 2.24) is 9.97 Å². The van der Waals surface area contributed by atoms with Crippen LogP contribution in [0.2, 0.25) is 0 Å². The highest BCUT2D eigenvalue weighted by molar-refractivity contribution is 5.74. The molecule has 0 bridgehead atoms. The highest BCUT2D eigenvalue weighted by Gasteiger charge is 2.46. The molecule has 0 saturated heterocycles. The van der Waals surface area contributed by atoms with E-state index in [1.807, 2.05) is 0 Å². The second kappa shape index (κ2) is 11.8. The van der Waals surface area contributed by atoms with Crippen LogP contribution in [-0.4, -0.2) is 9.97 Å². The molecule has 2 nitrogen and oxygen atoms in total. The van der Waals surface area contributed by atoms with Gasteiger partial charge in [0.05, 0.1) is 22.4 Å². The zero-order valence-electron chi connectivity index (χ0n) is 25.0. The Labute approximate surface area is 260 Å². The third-order valence-corrected chi connectivity index (χ3v) is 10.5. The van der Waals surface area contributed by atoms with Crippen LogP contribution in [0.3, 0.4) is 0 Å². The lowest BCUT2D eigenvalue weighted by Gasteiger charge is -2.32. The van der Waals surface area contributed by atoms with E-state index < -0.39 is 0 Å². The SMILES string of the molecule is c1ccc([C@@H]2CC[C@@H](c3ccccc3)C2c2nc3ccccc3nc2C2[C@H](c3ccccc3)CC[C@H]2c2ccccc2)cc1. The molecule has 1 heterocycles. The molecule has 0 spiro atoms. The first kappa shape index (κ1) is 27.0. The van der Waals surface area contributed by atoms with Crippen LogP contribution >= 0.6 is 0 Å². The van der Waals surface area contributed by atoms with E-state index in [1.54, 1.807) is 0 Å². The molecule has 0 N–H and O–H groups in total. The summed E-state index contributed by atoms with van der Waals surface area (Å²) in [5, 5.41) is 0. The predicted molar refractivity (Wildman–Crippen MR) is 180 cm³/mol. The second-order valence-corrected chi connectivity index (χ2v) is 12.8. The minimum atomic E-state index is 0.250. The lowest BCUT2D eigenvalue weighted by molar-refractivity contribution is 0.509. The fraction of sp³-hybridized carbons (Fsp3) is 0.238. The van der Waals surface area contributed by atoms with E-state index in [0.717, 1.165) is 36.7 Å². The van der Waals surface area contributed by atoms with E-state index in [4.69, 9.17) is 9.97 Å². The van der Waals surface area contributed by atoms with E-state index in [2.05, 4.69) is 146 Å². The zero-order valence-corrected chi connectivity index (χ0v) is 25.0. The summed E-state index contributed by atoms with van der Waals surface area (Å²) >= 11 is 0. The Morgan fingerprint density at radius 2 is 0.568 bits per heavy atom. The Bertz CT molecular complexity index is 1600. The summed E-state index contributed by atoms with van der Waals surface area (Å²) < 4.78 is 0. The third kappa shape index (κ3) is 4.93. The highest BCUT2D eigenvalue weighted by atomic mass is 14.9. The molecule has 2 fully saturated rings. The molecular weight excluding hydrogens is 532 g/mol. The molecule has 2 saturated carbocycles. The molecule has 0 aliphatic heterocycles. The normalized spacial score (nSPS) is 22.5. The first-order chi connectivity index (χ1) is 21.8. The van der Waals surface area contributed by atoms with Gasteiger partial charge in [-0.05, 0) is 83.7 Å². The van der Waals surface area contributed by atoms with E-state index in [1.165, 1.54) is 33.6 Å². The van der Waals surface area contributed by atoms with Crippen LogP contribution in [0.1, 0.15) is 94.8 Å². The molecule has 2 aliphatic rings. The second-order valence-electron chi connectivity index (χ2n) is 12.8. The smallest absolute Gasteiger partial charge is 0.0890 e. The summed E-state index contributed by atoms with van der Waals surface area (Å²) in [7, 11) is 0. The standard InChI is InChI=1S/C42H38N2/c1-5-15-29(16-6-1)33-25-26-34(30-17-7-2-8-18-30)39(33)41-42(44-38-24-14-13-23-37(38)43-41)40-35(31-19-9-3-10-20-31)27-28-36(40)32-21-11-4-12-22-32/h1-24,33-36,39-40H,25-28H2/t33-,34-,35-,36-/m0/s1. The van der Waals surface area contributed by atoms with Gasteiger partial charge in [0, 0.05) is 11.8 Å². The van der Waals surface area contributed by atoms with Gasteiger partial charge < -0.3 is 0 Å². The van der Waals surface area contributed by atoms with Gasteiger partial charge in [-0.1, -0.05) is 133 Å². The maximum Gasteiger partial charge on any atom is 0.0890 e. The van der Waals surface area contributed by atoms with Crippen LogP contribution in [0.5, 0.6) is 0 Å². The molecule has 0 unspecified atom stereocenters. The van der Waals surface area contributed by atoms with Crippen molar-refractivity contribution >= 4 is 11.0 Å². The monoisotopic (exact) mass is 570 g/mol. The van der Waals surface area contributed by atoms with E-state index in [0.29, 0.717) is 23.7 Å².